The lowest BCUT2D eigenvalue weighted by atomic mass is 9.95. The van der Waals surface area contributed by atoms with Crippen LogP contribution in [-0.4, -0.2) is 6.54 Å². The van der Waals surface area contributed by atoms with Crippen molar-refractivity contribution in [2.24, 2.45) is 0 Å². The molecule has 70 valence electrons. The van der Waals surface area contributed by atoms with Crippen LogP contribution in [0.25, 0.3) is 0 Å². The van der Waals surface area contributed by atoms with Gasteiger partial charge in [-0.25, -0.2) is 0 Å². The van der Waals surface area contributed by atoms with Crippen LogP contribution in [0.15, 0.2) is 12.1 Å². The molecule has 1 aromatic carbocycles. The molecular weight excluding hydrogens is 205 g/mol. The Hall–Kier alpha value is -0.240. The molecule has 0 unspecified atom stereocenters. The summed E-state index contributed by atoms with van der Waals surface area (Å²) in [5.74, 6) is 0. The summed E-state index contributed by atoms with van der Waals surface area (Å²) in [7, 11) is 0. The first-order valence-corrected chi connectivity index (χ1v) is 5.15. The Morgan fingerprint density at radius 1 is 1.31 bits per heavy atom. The maximum atomic E-state index is 5.95. The van der Waals surface area contributed by atoms with Gasteiger partial charge in [-0.15, -0.1) is 0 Å². The maximum Gasteiger partial charge on any atom is 0.0595 e. The molecule has 0 fully saturated rings. The van der Waals surface area contributed by atoms with Crippen molar-refractivity contribution in [3.05, 3.63) is 33.3 Å². The van der Waals surface area contributed by atoms with Gasteiger partial charge in [0.15, 0.2) is 0 Å². The van der Waals surface area contributed by atoms with Gasteiger partial charge in [-0.1, -0.05) is 23.2 Å². The van der Waals surface area contributed by atoms with Crippen molar-refractivity contribution in [3.63, 3.8) is 0 Å². The van der Waals surface area contributed by atoms with Crippen molar-refractivity contribution in [2.45, 2.75) is 19.4 Å². The molecule has 1 aromatic rings. The first-order chi connectivity index (χ1) is 6.18. The lowest BCUT2D eigenvalue weighted by Gasteiger charge is -2.24. The lowest BCUT2D eigenvalue weighted by molar-refractivity contribution is 0.541. The van der Waals surface area contributed by atoms with E-state index in [4.69, 9.17) is 23.2 Å². The van der Waals surface area contributed by atoms with Crippen molar-refractivity contribution in [3.8, 4) is 0 Å². The van der Waals surface area contributed by atoms with Gasteiger partial charge in [-0.3, -0.25) is 0 Å². The highest BCUT2D eigenvalue weighted by Gasteiger charge is 2.16. The summed E-state index contributed by atoms with van der Waals surface area (Å²) in [5, 5.41) is 4.69. The largest absolute Gasteiger partial charge is 0.310 e. The zero-order valence-corrected chi connectivity index (χ0v) is 8.91. The Morgan fingerprint density at radius 3 is 2.77 bits per heavy atom. The molecule has 0 saturated heterocycles. The Balaban J connectivity index is 2.52. The Labute approximate surface area is 88.0 Å². The smallest absolute Gasteiger partial charge is 0.0595 e. The van der Waals surface area contributed by atoms with E-state index in [1.807, 2.05) is 12.1 Å². The van der Waals surface area contributed by atoms with Crippen LogP contribution in [0.2, 0.25) is 10.0 Å². The Morgan fingerprint density at radius 2 is 2.00 bits per heavy atom. The second kappa shape index (κ2) is 3.49. The van der Waals surface area contributed by atoms with Crippen molar-refractivity contribution < 1.29 is 0 Å². The summed E-state index contributed by atoms with van der Waals surface area (Å²) in [6.07, 6.45) is 1.04. The van der Waals surface area contributed by atoms with E-state index in [1.54, 1.807) is 0 Å². The van der Waals surface area contributed by atoms with Crippen LogP contribution in [0.1, 0.15) is 24.1 Å². The minimum atomic E-state index is 0.388. The lowest BCUT2D eigenvalue weighted by Crippen LogP contribution is -2.27. The van der Waals surface area contributed by atoms with Crippen molar-refractivity contribution in [2.75, 3.05) is 6.54 Å². The molecular formula is C10H11Cl2N. The summed E-state index contributed by atoms with van der Waals surface area (Å²) < 4.78 is 0. The fourth-order valence-corrected chi connectivity index (χ4v) is 2.11. The van der Waals surface area contributed by atoms with E-state index in [2.05, 4.69) is 12.2 Å². The number of benzene rings is 1. The average Bonchev–Trinajstić information content (AvgIpc) is 2.09. The van der Waals surface area contributed by atoms with Crippen LogP contribution in [0.4, 0.5) is 0 Å². The van der Waals surface area contributed by atoms with Gasteiger partial charge in [0.1, 0.15) is 0 Å². The van der Waals surface area contributed by atoms with E-state index in [9.17, 15) is 0 Å². The number of hydrogen-bond donors (Lipinski definition) is 1. The summed E-state index contributed by atoms with van der Waals surface area (Å²) in [6, 6.07) is 4.34. The van der Waals surface area contributed by atoms with Crippen molar-refractivity contribution in [1.29, 1.82) is 0 Å². The van der Waals surface area contributed by atoms with Gasteiger partial charge in [0, 0.05) is 6.04 Å². The highest BCUT2D eigenvalue weighted by molar-refractivity contribution is 6.42. The van der Waals surface area contributed by atoms with Gasteiger partial charge < -0.3 is 5.32 Å². The zero-order chi connectivity index (χ0) is 9.42. The molecule has 1 aliphatic heterocycles. The Kier molecular flexibility index (Phi) is 2.50. The van der Waals surface area contributed by atoms with Crippen LogP contribution in [0.5, 0.6) is 0 Å². The van der Waals surface area contributed by atoms with Gasteiger partial charge in [-0.2, -0.15) is 0 Å². The molecule has 0 aromatic heterocycles. The molecule has 1 nitrogen and oxygen atoms in total. The highest BCUT2D eigenvalue weighted by Crippen LogP contribution is 2.31. The van der Waals surface area contributed by atoms with E-state index >= 15 is 0 Å². The third-order valence-electron chi connectivity index (χ3n) is 2.49. The third kappa shape index (κ3) is 1.69. The molecule has 1 atom stereocenters. The highest BCUT2D eigenvalue weighted by atomic mass is 35.5. The number of halogens is 2. The van der Waals surface area contributed by atoms with Crippen LogP contribution >= 0.6 is 23.2 Å². The molecule has 0 spiro atoms. The second-order valence-electron chi connectivity index (χ2n) is 3.39. The van der Waals surface area contributed by atoms with E-state index in [0.29, 0.717) is 16.1 Å². The van der Waals surface area contributed by atoms with E-state index in [1.165, 1.54) is 11.1 Å². The molecule has 0 amide bonds. The molecule has 1 aliphatic rings. The van der Waals surface area contributed by atoms with E-state index in [-0.39, 0.29) is 0 Å². The quantitative estimate of drug-likeness (QED) is 0.702. The van der Waals surface area contributed by atoms with Gasteiger partial charge in [0.25, 0.3) is 0 Å². The molecule has 0 bridgehead atoms. The molecule has 13 heavy (non-hydrogen) atoms. The fraction of sp³-hybridized carbons (Fsp3) is 0.400. The monoisotopic (exact) mass is 215 g/mol. The molecule has 0 saturated carbocycles. The predicted molar refractivity (Wildman–Crippen MR) is 56.6 cm³/mol. The van der Waals surface area contributed by atoms with E-state index in [0.717, 1.165) is 13.0 Å². The minimum Gasteiger partial charge on any atom is -0.310 e. The van der Waals surface area contributed by atoms with Gasteiger partial charge >= 0.3 is 0 Å². The van der Waals surface area contributed by atoms with Crippen LogP contribution in [-0.2, 0) is 6.42 Å². The molecule has 3 heteroatoms. The molecule has 2 rings (SSSR count). The van der Waals surface area contributed by atoms with Crippen molar-refractivity contribution in [1.82, 2.24) is 5.32 Å². The standard InChI is InChI=1S/C10H11Cl2N/c1-6-8-5-10(12)9(11)4-7(8)2-3-13-6/h4-6,13H,2-3H2,1H3/t6-/m1/s1. The van der Waals surface area contributed by atoms with Crippen LogP contribution < -0.4 is 5.32 Å². The first kappa shape index (κ1) is 9.32. The summed E-state index contributed by atoms with van der Waals surface area (Å²) in [4.78, 5) is 0. The number of nitrogens with one attached hydrogen (secondary N) is 1. The topological polar surface area (TPSA) is 12.0 Å². The molecule has 0 aliphatic carbocycles. The van der Waals surface area contributed by atoms with Crippen LogP contribution in [0, 0.1) is 0 Å². The second-order valence-corrected chi connectivity index (χ2v) is 4.21. The van der Waals surface area contributed by atoms with Crippen molar-refractivity contribution >= 4 is 23.2 Å². The Bertz CT molecular complexity index is 336. The molecule has 1 N–H and O–H groups in total. The maximum absolute atomic E-state index is 5.95. The summed E-state index contributed by atoms with van der Waals surface area (Å²) >= 11 is 11.9. The molecule has 1 heterocycles. The van der Waals surface area contributed by atoms with E-state index < -0.39 is 0 Å². The van der Waals surface area contributed by atoms with Gasteiger partial charge in [0.05, 0.1) is 10.0 Å². The zero-order valence-electron chi connectivity index (χ0n) is 7.40. The average molecular weight is 216 g/mol. The van der Waals surface area contributed by atoms with Gasteiger partial charge in [-0.05, 0) is 43.1 Å². The fourth-order valence-electron chi connectivity index (χ4n) is 1.76. The normalized spacial score (nSPS) is 21.3. The number of fused-ring (bicyclic) bond motifs is 1. The summed E-state index contributed by atoms with van der Waals surface area (Å²) in [5.41, 5.74) is 2.60. The third-order valence-corrected chi connectivity index (χ3v) is 3.22. The molecule has 0 radical (unpaired) electrons. The van der Waals surface area contributed by atoms with Crippen LogP contribution in [0.3, 0.4) is 0 Å². The first-order valence-electron chi connectivity index (χ1n) is 4.39. The summed E-state index contributed by atoms with van der Waals surface area (Å²) in [6.45, 7) is 3.16. The number of rotatable bonds is 0. The minimum absolute atomic E-state index is 0.388. The predicted octanol–water partition coefficient (Wildman–Crippen LogP) is 3.20. The SMILES string of the molecule is C[C@H]1NCCc2cc(Cl)c(Cl)cc21. The number of hydrogen-bond acceptors (Lipinski definition) is 1. The van der Waals surface area contributed by atoms with Gasteiger partial charge in [0.2, 0.25) is 0 Å².